The second kappa shape index (κ2) is 8.14. The van der Waals surface area contributed by atoms with Crippen LogP contribution < -0.4 is 4.72 Å². The third-order valence-electron chi connectivity index (χ3n) is 4.12. The van der Waals surface area contributed by atoms with Crippen molar-refractivity contribution in [3.05, 3.63) is 27.7 Å². The van der Waals surface area contributed by atoms with Crippen molar-refractivity contribution >= 4 is 33.2 Å². The Bertz CT molecular complexity index is 652. The molecule has 1 aromatic carbocycles. The van der Waals surface area contributed by atoms with Gasteiger partial charge < -0.3 is 9.64 Å². The van der Waals surface area contributed by atoms with Crippen LogP contribution in [0.1, 0.15) is 12.0 Å². The lowest BCUT2D eigenvalue weighted by molar-refractivity contribution is 0.159. The van der Waals surface area contributed by atoms with Gasteiger partial charge in [0.25, 0.3) is 0 Å². The maximum atomic E-state index is 12.5. The van der Waals surface area contributed by atoms with Crippen molar-refractivity contribution in [3.8, 4) is 0 Å². The Kier molecular flexibility index (Phi) is 6.71. The van der Waals surface area contributed by atoms with Gasteiger partial charge in [-0.05, 0) is 43.5 Å². The quantitative estimate of drug-likeness (QED) is 0.789. The SMILES string of the molecule is COCCN1CC[C@@H](CNS(=O)(=O)c2ccc(Cl)c(C)c2Cl)C1. The third kappa shape index (κ3) is 4.81. The first kappa shape index (κ1) is 19.0. The monoisotopic (exact) mass is 380 g/mol. The molecule has 1 aliphatic rings. The van der Waals surface area contributed by atoms with Crippen molar-refractivity contribution in [2.24, 2.45) is 5.92 Å². The highest BCUT2D eigenvalue weighted by atomic mass is 35.5. The van der Waals surface area contributed by atoms with Gasteiger partial charge in [-0.15, -0.1) is 0 Å². The highest BCUT2D eigenvalue weighted by molar-refractivity contribution is 7.89. The van der Waals surface area contributed by atoms with Gasteiger partial charge in [-0.3, -0.25) is 0 Å². The minimum Gasteiger partial charge on any atom is -0.383 e. The van der Waals surface area contributed by atoms with Crippen LogP contribution >= 0.6 is 23.2 Å². The number of likely N-dealkylation sites (tertiary alicyclic amines) is 1. The standard InChI is InChI=1S/C15H22Cl2N2O3S/c1-11-13(16)3-4-14(15(11)17)23(20,21)18-9-12-5-6-19(10-12)7-8-22-2/h3-4,12,18H,5-10H2,1-2H3/t12-/m0/s1. The summed E-state index contributed by atoms with van der Waals surface area (Å²) in [6, 6.07) is 3.00. The Morgan fingerprint density at radius 2 is 2.13 bits per heavy atom. The Labute approximate surface area is 148 Å². The zero-order valence-corrected chi connectivity index (χ0v) is 15.6. The van der Waals surface area contributed by atoms with Gasteiger partial charge in [0.15, 0.2) is 0 Å². The molecule has 130 valence electrons. The number of methoxy groups -OCH3 is 1. The van der Waals surface area contributed by atoms with Crippen LogP contribution in [0.3, 0.4) is 0 Å². The van der Waals surface area contributed by atoms with Crippen LogP contribution in [0.5, 0.6) is 0 Å². The molecule has 0 aromatic heterocycles. The molecule has 0 unspecified atom stereocenters. The van der Waals surface area contributed by atoms with Crippen LogP contribution in [-0.2, 0) is 14.8 Å². The van der Waals surface area contributed by atoms with E-state index >= 15 is 0 Å². The van der Waals surface area contributed by atoms with Crippen molar-refractivity contribution in [1.82, 2.24) is 9.62 Å². The van der Waals surface area contributed by atoms with Gasteiger partial charge in [0, 0.05) is 31.8 Å². The second-order valence-electron chi connectivity index (χ2n) is 5.78. The topological polar surface area (TPSA) is 58.6 Å². The summed E-state index contributed by atoms with van der Waals surface area (Å²) in [7, 11) is -1.96. The number of rotatable bonds is 7. The van der Waals surface area contributed by atoms with Crippen LogP contribution in [0, 0.1) is 12.8 Å². The van der Waals surface area contributed by atoms with Gasteiger partial charge in [-0.1, -0.05) is 23.2 Å². The van der Waals surface area contributed by atoms with E-state index < -0.39 is 10.0 Å². The summed E-state index contributed by atoms with van der Waals surface area (Å²) in [4.78, 5) is 2.36. The van der Waals surface area contributed by atoms with E-state index in [4.69, 9.17) is 27.9 Å². The number of ether oxygens (including phenoxy) is 1. The fourth-order valence-electron chi connectivity index (χ4n) is 2.65. The first-order chi connectivity index (χ1) is 10.8. The summed E-state index contributed by atoms with van der Waals surface area (Å²) in [5, 5.41) is 0.636. The number of benzene rings is 1. The normalized spacial score (nSPS) is 19.4. The van der Waals surface area contributed by atoms with Crippen molar-refractivity contribution < 1.29 is 13.2 Å². The molecule has 1 heterocycles. The fourth-order valence-corrected chi connectivity index (χ4v) is 4.57. The molecule has 0 radical (unpaired) electrons. The smallest absolute Gasteiger partial charge is 0.242 e. The van der Waals surface area contributed by atoms with Crippen LogP contribution in [0.15, 0.2) is 17.0 Å². The molecule has 23 heavy (non-hydrogen) atoms. The van der Waals surface area contributed by atoms with E-state index in [0.29, 0.717) is 29.7 Å². The first-order valence-corrected chi connectivity index (χ1v) is 9.74. The van der Waals surface area contributed by atoms with Crippen molar-refractivity contribution in [2.75, 3.05) is 39.9 Å². The van der Waals surface area contributed by atoms with Crippen molar-refractivity contribution in [1.29, 1.82) is 0 Å². The molecule has 1 aliphatic heterocycles. The number of hydrogen-bond donors (Lipinski definition) is 1. The summed E-state index contributed by atoms with van der Waals surface area (Å²) in [5.41, 5.74) is 0.572. The highest BCUT2D eigenvalue weighted by Gasteiger charge is 2.25. The largest absolute Gasteiger partial charge is 0.383 e. The van der Waals surface area contributed by atoms with Crippen LogP contribution in [0.2, 0.25) is 10.0 Å². The number of nitrogens with one attached hydrogen (secondary N) is 1. The zero-order valence-electron chi connectivity index (χ0n) is 13.3. The lowest BCUT2D eigenvalue weighted by atomic mass is 10.1. The summed E-state index contributed by atoms with van der Waals surface area (Å²) >= 11 is 12.1. The maximum Gasteiger partial charge on any atom is 0.242 e. The molecular weight excluding hydrogens is 359 g/mol. The molecule has 8 heteroatoms. The van der Waals surface area contributed by atoms with E-state index in [2.05, 4.69) is 9.62 Å². The molecule has 2 rings (SSSR count). The fraction of sp³-hybridized carbons (Fsp3) is 0.600. The van der Waals surface area contributed by atoms with Gasteiger partial charge in [0.05, 0.1) is 11.6 Å². The lowest BCUT2D eigenvalue weighted by Gasteiger charge is -2.16. The van der Waals surface area contributed by atoms with Crippen LogP contribution in [0.25, 0.3) is 0 Å². The van der Waals surface area contributed by atoms with E-state index in [-0.39, 0.29) is 9.92 Å². The van der Waals surface area contributed by atoms with Gasteiger partial charge in [-0.25, -0.2) is 13.1 Å². The van der Waals surface area contributed by atoms with E-state index in [0.717, 1.165) is 26.1 Å². The summed E-state index contributed by atoms with van der Waals surface area (Å²) in [5.74, 6) is 0.300. The predicted octanol–water partition coefficient (Wildman–Crippen LogP) is 2.55. The van der Waals surface area contributed by atoms with Gasteiger partial charge >= 0.3 is 0 Å². The second-order valence-corrected chi connectivity index (χ2v) is 8.31. The minimum absolute atomic E-state index is 0.0790. The number of hydrogen-bond acceptors (Lipinski definition) is 4. The van der Waals surface area contributed by atoms with Crippen LogP contribution in [-0.4, -0.2) is 53.2 Å². The molecule has 0 saturated carbocycles. The molecule has 0 bridgehead atoms. The average Bonchev–Trinajstić information content (AvgIpc) is 2.96. The molecule has 0 amide bonds. The Morgan fingerprint density at radius 1 is 1.39 bits per heavy atom. The molecule has 1 atom stereocenters. The van der Waals surface area contributed by atoms with E-state index in [1.54, 1.807) is 20.1 Å². The molecule has 1 N–H and O–H groups in total. The molecule has 1 saturated heterocycles. The van der Waals surface area contributed by atoms with Crippen molar-refractivity contribution in [2.45, 2.75) is 18.2 Å². The van der Waals surface area contributed by atoms with E-state index in [1.807, 2.05) is 0 Å². The molecule has 5 nitrogen and oxygen atoms in total. The summed E-state index contributed by atoms with van der Waals surface area (Å²) < 4.78 is 32.6. The molecule has 0 aliphatic carbocycles. The van der Waals surface area contributed by atoms with Crippen LogP contribution in [0.4, 0.5) is 0 Å². The Hall–Kier alpha value is -0.370. The molecule has 1 fully saturated rings. The Morgan fingerprint density at radius 3 is 2.83 bits per heavy atom. The molecular formula is C15H22Cl2N2O3S. The summed E-state index contributed by atoms with van der Waals surface area (Å²) in [6.45, 7) is 5.52. The van der Waals surface area contributed by atoms with E-state index in [1.165, 1.54) is 6.07 Å². The predicted molar refractivity (Wildman–Crippen MR) is 92.8 cm³/mol. The Balaban J connectivity index is 1.97. The molecule has 1 aromatic rings. The number of halogens is 2. The van der Waals surface area contributed by atoms with Gasteiger partial charge in [0.2, 0.25) is 10.0 Å². The van der Waals surface area contributed by atoms with E-state index in [9.17, 15) is 8.42 Å². The summed E-state index contributed by atoms with van der Waals surface area (Å²) in [6.07, 6.45) is 0.972. The highest BCUT2D eigenvalue weighted by Crippen LogP contribution is 2.30. The van der Waals surface area contributed by atoms with Gasteiger partial charge in [0.1, 0.15) is 4.90 Å². The maximum absolute atomic E-state index is 12.5. The number of sulfonamides is 1. The van der Waals surface area contributed by atoms with Crippen molar-refractivity contribution in [3.63, 3.8) is 0 Å². The van der Waals surface area contributed by atoms with Gasteiger partial charge in [-0.2, -0.15) is 0 Å². The minimum atomic E-state index is -3.64. The first-order valence-electron chi connectivity index (χ1n) is 7.50. The zero-order chi connectivity index (χ0) is 17.0. The number of nitrogens with zero attached hydrogens (tertiary/aromatic N) is 1. The molecule has 0 spiro atoms. The average molecular weight is 381 g/mol. The third-order valence-corrected chi connectivity index (χ3v) is 6.59. The lowest BCUT2D eigenvalue weighted by Crippen LogP contribution is -2.32.